The lowest BCUT2D eigenvalue weighted by Gasteiger charge is -2.39. The first-order valence-corrected chi connectivity index (χ1v) is 8.50. The van der Waals surface area contributed by atoms with E-state index in [1.807, 2.05) is 29.2 Å². The predicted octanol–water partition coefficient (Wildman–Crippen LogP) is 2.34. The highest BCUT2D eigenvalue weighted by molar-refractivity contribution is 5.89. The number of nitrogens with one attached hydrogen (secondary N) is 1. The quantitative estimate of drug-likeness (QED) is 0.682. The molecule has 10 heteroatoms. The highest BCUT2D eigenvalue weighted by atomic mass is 19.4. The van der Waals surface area contributed by atoms with Crippen molar-refractivity contribution < 1.29 is 13.2 Å². The number of hydrogen-bond donors (Lipinski definition) is 2. The van der Waals surface area contributed by atoms with Crippen LogP contribution in [0.2, 0.25) is 0 Å². The summed E-state index contributed by atoms with van der Waals surface area (Å²) < 4.78 is 38.4. The van der Waals surface area contributed by atoms with Gasteiger partial charge in [0, 0.05) is 31.2 Å². The molecule has 1 aliphatic rings. The number of piperazine rings is 1. The first-order chi connectivity index (χ1) is 12.9. The van der Waals surface area contributed by atoms with E-state index >= 15 is 0 Å². The highest BCUT2D eigenvalue weighted by Crippen LogP contribution is 2.28. The Morgan fingerprint density at radius 2 is 2.04 bits per heavy atom. The zero-order valence-corrected chi connectivity index (χ0v) is 14.3. The fourth-order valence-electron chi connectivity index (χ4n) is 3.31. The molecule has 0 aliphatic carbocycles. The molecule has 1 fully saturated rings. The van der Waals surface area contributed by atoms with Gasteiger partial charge >= 0.3 is 6.18 Å². The van der Waals surface area contributed by atoms with Crippen molar-refractivity contribution in [3.05, 3.63) is 36.5 Å². The molecule has 0 bridgehead atoms. The molecular weight excluding hydrogens is 359 g/mol. The Hall–Kier alpha value is -2.72. The summed E-state index contributed by atoms with van der Waals surface area (Å²) in [6.45, 7) is 1.01. The number of aromatic nitrogens is 4. The molecule has 0 amide bonds. The molecule has 142 valence electrons. The molecule has 3 N–H and O–H groups in total. The Morgan fingerprint density at radius 1 is 1.19 bits per heavy atom. The minimum Gasteiger partial charge on any atom is -0.354 e. The second kappa shape index (κ2) is 6.78. The third kappa shape index (κ3) is 3.71. The number of nitrogens with zero attached hydrogens (tertiary/aromatic N) is 5. The van der Waals surface area contributed by atoms with Gasteiger partial charge < -0.3 is 4.90 Å². The molecular formula is C17H18F3N7. The van der Waals surface area contributed by atoms with Crippen LogP contribution in [0.25, 0.3) is 22.4 Å². The number of fused-ring (bicyclic) bond motifs is 1. The zero-order valence-electron chi connectivity index (χ0n) is 14.3. The summed E-state index contributed by atoms with van der Waals surface area (Å²) in [5.41, 5.74) is 1.97. The standard InChI is InChI=1S/C17H18F3N7/c18-17(19,20)9-11-10-26(7-8-27(11)21)14-5-1-4-13(23-14)15-12-3-2-6-22-16(12)25-24-15/h1-6,11H,7-10,21H2,(H,22,24,25). The number of halogens is 3. The van der Waals surface area contributed by atoms with Crippen LogP contribution in [-0.2, 0) is 0 Å². The van der Waals surface area contributed by atoms with Crippen LogP contribution in [0.5, 0.6) is 0 Å². The van der Waals surface area contributed by atoms with Gasteiger partial charge in [0.25, 0.3) is 0 Å². The Balaban J connectivity index is 1.61. The summed E-state index contributed by atoms with van der Waals surface area (Å²) in [6, 6.07) is 8.35. The summed E-state index contributed by atoms with van der Waals surface area (Å²) in [6.07, 6.45) is -3.55. The third-order valence-corrected chi connectivity index (χ3v) is 4.64. The second-order valence-electron chi connectivity index (χ2n) is 6.51. The lowest BCUT2D eigenvalue weighted by atomic mass is 10.1. The molecule has 0 saturated carbocycles. The normalized spacial score (nSPS) is 19.0. The van der Waals surface area contributed by atoms with Gasteiger partial charge in [-0.25, -0.2) is 15.0 Å². The molecule has 4 rings (SSSR count). The zero-order chi connectivity index (χ0) is 19.0. The van der Waals surface area contributed by atoms with Gasteiger partial charge in [-0.1, -0.05) is 6.07 Å². The average molecular weight is 377 g/mol. The van der Waals surface area contributed by atoms with Crippen molar-refractivity contribution in [2.75, 3.05) is 24.5 Å². The van der Waals surface area contributed by atoms with Crippen LogP contribution in [0.15, 0.2) is 36.5 Å². The van der Waals surface area contributed by atoms with Gasteiger partial charge in [0.05, 0.1) is 23.9 Å². The number of aromatic amines is 1. The van der Waals surface area contributed by atoms with Crippen molar-refractivity contribution in [2.24, 2.45) is 5.84 Å². The average Bonchev–Trinajstić information content (AvgIpc) is 3.07. The van der Waals surface area contributed by atoms with Crippen LogP contribution in [0.3, 0.4) is 0 Å². The van der Waals surface area contributed by atoms with Crippen molar-refractivity contribution in [2.45, 2.75) is 18.6 Å². The van der Waals surface area contributed by atoms with E-state index in [1.165, 1.54) is 5.01 Å². The van der Waals surface area contributed by atoms with Gasteiger partial charge in [-0.2, -0.15) is 18.3 Å². The van der Waals surface area contributed by atoms with E-state index in [9.17, 15) is 13.2 Å². The highest BCUT2D eigenvalue weighted by Gasteiger charge is 2.37. The van der Waals surface area contributed by atoms with E-state index in [0.29, 0.717) is 30.2 Å². The van der Waals surface area contributed by atoms with Crippen molar-refractivity contribution in [1.82, 2.24) is 25.2 Å². The smallest absolute Gasteiger partial charge is 0.354 e. The molecule has 1 atom stereocenters. The summed E-state index contributed by atoms with van der Waals surface area (Å²) >= 11 is 0. The molecule has 4 heterocycles. The number of alkyl halides is 3. The SMILES string of the molecule is NN1CCN(c2cccc(-c3[nH]nc4ncccc34)n2)CC1CC(F)(F)F. The molecule has 0 radical (unpaired) electrons. The van der Waals surface area contributed by atoms with Gasteiger partial charge in [0.1, 0.15) is 5.82 Å². The summed E-state index contributed by atoms with van der Waals surface area (Å²) in [5, 5.41) is 9.20. The lowest BCUT2D eigenvalue weighted by molar-refractivity contribution is -0.148. The summed E-state index contributed by atoms with van der Waals surface area (Å²) in [5.74, 6) is 6.37. The van der Waals surface area contributed by atoms with E-state index in [-0.39, 0.29) is 6.54 Å². The number of hydrogen-bond acceptors (Lipinski definition) is 6. The van der Waals surface area contributed by atoms with Gasteiger partial charge in [0.15, 0.2) is 5.65 Å². The van der Waals surface area contributed by atoms with Crippen LogP contribution in [0.4, 0.5) is 19.0 Å². The fourth-order valence-corrected chi connectivity index (χ4v) is 3.31. The Bertz CT molecular complexity index is 939. The first-order valence-electron chi connectivity index (χ1n) is 8.50. The molecule has 1 saturated heterocycles. The Morgan fingerprint density at radius 3 is 2.85 bits per heavy atom. The molecule has 3 aromatic heterocycles. The number of nitrogens with two attached hydrogens (primary N) is 1. The maximum absolute atomic E-state index is 12.8. The van der Waals surface area contributed by atoms with E-state index in [2.05, 4.69) is 20.2 Å². The maximum Gasteiger partial charge on any atom is 0.390 e. The van der Waals surface area contributed by atoms with E-state index in [1.54, 1.807) is 12.3 Å². The summed E-state index contributed by atoms with van der Waals surface area (Å²) in [4.78, 5) is 10.7. The molecule has 1 unspecified atom stereocenters. The second-order valence-corrected chi connectivity index (χ2v) is 6.51. The number of H-pyrrole nitrogens is 1. The van der Waals surface area contributed by atoms with Crippen LogP contribution in [0, 0.1) is 0 Å². The van der Waals surface area contributed by atoms with Crippen LogP contribution in [-0.4, -0.2) is 57.0 Å². The summed E-state index contributed by atoms with van der Waals surface area (Å²) in [7, 11) is 0. The number of rotatable bonds is 3. The largest absolute Gasteiger partial charge is 0.390 e. The van der Waals surface area contributed by atoms with Crippen molar-refractivity contribution >= 4 is 16.9 Å². The monoisotopic (exact) mass is 377 g/mol. The van der Waals surface area contributed by atoms with Crippen molar-refractivity contribution in [1.29, 1.82) is 0 Å². The topological polar surface area (TPSA) is 87.0 Å². The minimum atomic E-state index is -4.26. The van der Waals surface area contributed by atoms with E-state index in [0.717, 1.165) is 11.1 Å². The van der Waals surface area contributed by atoms with Gasteiger partial charge in [-0.05, 0) is 24.3 Å². The van der Waals surface area contributed by atoms with Gasteiger partial charge in [-0.15, -0.1) is 0 Å². The Labute approximate surface area is 153 Å². The van der Waals surface area contributed by atoms with E-state index in [4.69, 9.17) is 5.84 Å². The molecule has 1 aliphatic heterocycles. The lowest BCUT2D eigenvalue weighted by Crippen LogP contribution is -2.57. The van der Waals surface area contributed by atoms with Gasteiger partial charge in [-0.3, -0.25) is 10.9 Å². The minimum absolute atomic E-state index is 0.164. The molecule has 7 nitrogen and oxygen atoms in total. The maximum atomic E-state index is 12.8. The number of hydrazine groups is 1. The predicted molar refractivity (Wildman–Crippen MR) is 94.7 cm³/mol. The molecule has 27 heavy (non-hydrogen) atoms. The number of pyridine rings is 2. The van der Waals surface area contributed by atoms with Crippen molar-refractivity contribution in [3.63, 3.8) is 0 Å². The van der Waals surface area contributed by atoms with Crippen LogP contribution >= 0.6 is 0 Å². The molecule has 0 spiro atoms. The fraction of sp³-hybridized carbons (Fsp3) is 0.353. The van der Waals surface area contributed by atoms with Crippen LogP contribution < -0.4 is 10.7 Å². The van der Waals surface area contributed by atoms with Crippen LogP contribution in [0.1, 0.15) is 6.42 Å². The first kappa shape index (κ1) is 17.7. The van der Waals surface area contributed by atoms with E-state index < -0.39 is 18.6 Å². The van der Waals surface area contributed by atoms with Gasteiger partial charge in [0.2, 0.25) is 0 Å². The molecule has 3 aromatic rings. The molecule has 0 aromatic carbocycles. The Kier molecular flexibility index (Phi) is 4.44. The third-order valence-electron chi connectivity index (χ3n) is 4.64. The van der Waals surface area contributed by atoms with Crippen molar-refractivity contribution in [3.8, 4) is 11.4 Å². The number of anilines is 1.